The van der Waals surface area contributed by atoms with Crippen LogP contribution in [0, 0.1) is 17.0 Å². The second-order valence-corrected chi connectivity index (χ2v) is 4.38. The highest BCUT2D eigenvalue weighted by atomic mass is 16.6. The summed E-state index contributed by atoms with van der Waals surface area (Å²) in [6.07, 6.45) is 1.73. The fourth-order valence-electron chi connectivity index (χ4n) is 1.85. The average Bonchev–Trinajstić information content (AvgIpc) is 2.41. The summed E-state index contributed by atoms with van der Waals surface area (Å²) < 4.78 is 0. The lowest BCUT2D eigenvalue weighted by molar-refractivity contribution is -0.385. The van der Waals surface area contributed by atoms with Crippen molar-refractivity contribution in [1.82, 2.24) is 4.98 Å². The second kappa shape index (κ2) is 5.48. The number of nitro groups is 1. The van der Waals surface area contributed by atoms with Crippen molar-refractivity contribution in [3.8, 4) is 0 Å². The molecule has 1 heterocycles. The van der Waals surface area contributed by atoms with Crippen LogP contribution in [0.5, 0.6) is 0 Å². The van der Waals surface area contributed by atoms with Gasteiger partial charge >= 0.3 is 0 Å². The van der Waals surface area contributed by atoms with Crippen LogP contribution in [0.25, 0.3) is 0 Å². The van der Waals surface area contributed by atoms with Crippen LogP contribution < -0.4 is 5.32 Å². The fourth-order valence-corrected chi connectivity index (χ4v) is 1.85. The molecule has 0 aliphatic heterocycles. The molecule has 5 heteroatoms. The summed E-state index contributed by atoms with van der Waals surface area (Å²) in [5.41, 5.74) is 2.39. The van der Waals surface area contributed by atoms with Crippen molar-refractivity contribution < 1.29 is 4.92 Å². The highest BCUT2D eigenvalue weighted by Gasteiger charge is 2.12. The van der Waals surface area contributed by atoms with E-state index < -0.39 is 0 Å². The van der Waals surface area contributed by atoms with E-state index in [1.54, 1.807) is 25.3 Å². The number of pyridine rings is 1. The minimum absolute atomic E-state index is 0.0106. The average molecular weight is 257 g/mol. The molecule has 98 valence electrons. The predicted molar refractivity (Wildman–Crippen MR) is 74.1 cm³/mol. The van der Waals surface area contributed by atoms with E-state index >= 15 is 0 Å². The van der Waals surface area contributed by atoms with Gasteiger partial charge in [0.15, 0.2) is 0 Å². The van der Waals surface area contributed by atoms with Gasteiger partial charge in [0.25, 0.3) is 5.69 Å². The number of hydrogen-bond acceptors (Lipinski definition) is 4. The number of nitro benzene ring substituents is 1. The molecular weight excluding hydrogens is 242 g/mol. The van der Waals surface area contributed by atoms with E-state index in [0.29, 0.717) is 5.56 Å². The molecule has 0 aliphatic carbocycles. The van der Waals surface area contributed by atoms with Gasteiger partial charge in [0.1, 0.15) is 0 Å². The largest absolute Gasteiger partial charge is 0.377 e. The molecule has 19 heavy (non-hydrogen) atoms. The molecule has 1 N–H and O–H groups in total. The predicted octanol–water partition coefficient (Wildman–Crippen LogP) is 3.47. The smallest absolute Gasteiger partial charge is 0.274 e. The zero-order valence-corrected chi connectivity index (χ0v) is 10.8. The number of aryl methyl sites for hydroxylation is 1. The van der Waals surface area contributed by atoms with Crippen LogP contribution in [0.1, 0.15) is 24.2 Å². The van der Waals surface area contributed by atoms with Gasteiger partial charge in [0, 0.05) is 23.5 Å². The topological polar surface area (TPSA) is 68.1 Å². The number of aromatic nitrogens is 1. The van der Waals surface area contributed by atoms with Crippen molar-refractivity contribution in [2.75, 3.05) is 5.32 Å². The Morgan fingerprint density at radius 3 is 2.74 bits per heavy atom. The van der Waals surface area contributed by atoms with E-state index in [4.69, 9.17) is 0 Å². The molecule has 5 nitrogen and oxygen atoms in total. The summed E-state index contributed by atoms with van der Waals surface area (Å²) in [4.78, 5) is 14.8. The standard InChI is InChI=1S/C14H15N3O2/c1-10-6-7-12(9-14(10)17(18)19)16-11(2)13-5-3-4-8-15-13/h3-9,11,16H,1-2H3. The first kappa shape index (κ1) is 13.0. The number of rotatable bonds is 4. The lowest BCUT2D eigenvalue weighted by atomic mass is 10.1. The molecule has 0 spiro atoms. The third-order valence-electron chi connectivity index (χ3n) is 2.92. The number of nitrogens with one attached hydrogen (secondary N) is 1. The molecule has 0 saturated heterocycles. The second-order valence-electron chi connectivity index (χ2n) is 4.38. The van der Waals surface area contributed by atoms with Gasteiger partial charge in [-0.15, -0.1) is 0 Å². The van der Waals surface area contributed by atoms with Gasteiger partial charge in [-0.25, -0.2) is 0 Å². The van der Waals surface area contributed by atoms with E-state index in [0.717, 1.165) is 11.4 Å². The summed E-state index contributed by atoms with van der Waals surface area (Å²) in [6, 6.07) is 10.8. The van der Waals surface area contributed by atoms with E-state index in [-0.39, 0.29) is 16.7 Å². The van der Waals surface area contributed by atoms with Gasteiger partial charge in [-0.3, -0.25) is 15.1 Å². The third kappa shape index (κ3) is 3.07. The molecule has 0 aliphatic rings. The SMILES string of the molecule is Cc1ccc(NC(C)c2ccccn2)cc1[N+](=O)[O-]. The molecule has 1 atom stereocenters. The number of hydrogen-bond donors (Lipinski definition) is 1. The molecule has 0 amide bonds. The van der Waals surface area contributed by atoms with Crippen LogP contribution in [0.2, 0.25) is 0 Å². The fraction of sp³-hybridized carbons (Fsp3) is 0.214. The maximum Gasteiger partial charge on any atom is 0.274 e. The number of benzene rings is 1. The molecule has 0 bridgehead atoms. The van der Waals surface area contributed by atoms with Crippen LogP contribution >= 0.6 is 0 Å². The molecule has 1 aromatic carbocycles. The normalized spacial score (nSPS) is 11.9. The minimum atomic E-state index is -0.369. The van der Waals surface area contributed by atoms with Crippen molar-refractivity contribution in [2.45, 2.75) is 19.9 Å². The molecule has 0 radical (unpaired) electrons. The molecule has 1 aromatic heterocycles. The van der Waals surface area contributed by atoms with Gasteiger partial charge in [0.2, 0.25) is 0 Å². The van der Waals surface area contributed by atoms with Crippen LogP contribution in [-0.2, 0) is 0 Å². The summed E-state index contributed by atoms with van der Waals surface area (Å²) in [6.45, 7) is 3.69. The van der Waals surface area contributed by atoms with Gasteiger partial charge in [-0.1, -0.05) is 12.1 Å². The Morgan fingerprint density at radius 2 is 2.11 bits per heavy atom. The van der Waals surface area contributed by atoms with Crippen molar-refractivity contribution in [2.24, 2.45) is 0 Å². The van der Waals surface area contributed by atoms with E-state index in [1.165, 1.54) is 0 Å². The Bertz CT molecular complexity index is 584. The van der Waals surface area contributed by atoms with Crippen LogP contribution in [0.4, 0.5) is 11.4 Å². The van der Waals surface area contributed by atoms with E-state index in [1.807, 2.05) is 31.2 Å². The quantitative estimate of drug-likeness (QED) is 0.672. The highest BCUT2D eigenvalue weighted by Crippen LogP contribution is 2.25. The van der Waals surface area contributed by atoms with Gasteiger partial charge in [-0.05, 0) is 32.0 Å². The van der Waals surface area contributed by atoms with E-state index in [2.05, 4.69) is 10.3 Å². The molecule has 2 aromatic rings. The first-order valence-corrected chi connectivity index (χ1v) is 6.00. The van der Waals surface area contributed by atoms with E-state index in [9.17, 15) is 10.1 Å². The first-order chi connectivity index (χ1) is 9.08. The molecule has 2 rings (SSSR count). The Morgan fingerprint density at radius 1 is 1.32 bits per heavy atom. The summed E-state index contributed by atoms with van der Waals surface area (Å²) in [5, 5.41) is 14.1. The Hall–Kier alpha value is -2.43. The summed E-state index contributed by atoms with van der Waals surface area (Å²) in [7, 11) is 0. The zero-order chi connectivity index (χ0) is 13.8. The van der Waals surface area contributed by atoms with Gasteiger partial charge < -0.3 is 5.32 Å². The van der Waals surface area contributed by atoms with Crippen molar-refractivity contribution in [1.29, 1.82) is 0 Å². The van der Waals surface area contributed by atoms with Crippen LogP contribution in [0.15, 0.2) is 42.6 Å². The maximum atomic E-state index is 10.9. The lowest BCUT2D eigenvalue weighted by Gasteiger charge is -2.14. The Balaban J connectivity index is 2.20. The summed E-state index contributed by atoms with van der Waals surface area (Å²) >= 11 is 0. The van der Waals surface area contributed by atoms with Crippen LogP contribution in [-0.4, -0.2) is 9.91 Å². The Labute approximate surface area is 111 Å². The van der Waals surface area contributed by atoms with Crippen molar-refractivity contribution >= 4 is 11.4 Å². The first-order valence-electron chi connectivity index (χ1n) is 6.00. The summed E-state index contributed by atoms with van der Waals surface area (Å²) in [5.74, 6) is 0. The zero-order valence-electron chi connectivity index (χ0n) is 10.8. The lowest BCUT2D eigenvalue weighted by Crippen LogP contribution is -2.08. The third-order valence-corrected chi connectivity index (χ3v) is 2.92. The molecule has 0 fully saturated rings. The minimum Gasteiger partial charge on any atom is -0.377 e. The van der Waals surface area contributed by atoms with Gasteiger partial charge in [-0.2, -0.15) is 0 Å². The molecule has 0 saturated carbocycles. The maximum absolute atomic E-state index is 10.9. The van der Waals surface area contributed by atoms with Crippen molar-refractivity contribution in [3.63, 3.8) is 0 Å². The highest BCUT2D eigenvalue weighted by molar-refractivity contribution is 5.55. The molecular formula is C14H15N3O2. The van der Waals surface area contributed by atoms with Gasteiger partial charge in [0.05, 0.1) is 16.7 Å². The molecule has 1 unspecified atom stereocenters. The monoisotopic (exact) mass is 257 g/mol. The van der Waals surface area contributed by atoms with Crippen LogP contribution in [0.3, 0.4) is 0 Å². The number of anilines is 1. The van der Waals surface area contributed by atoms with Crippen molar-refractivity contribution in [3.05, 3.63) is 64.0 Å². The number of nitrogens with zero attached hydrogens (tertiary/aromatic N) is 2. The Kier molecular flexibility index (Phi) is 3.75.